The topological polar surface area (TPSA) is 29.5 Å². The van der Waals surface area contributed by atoms with Crippen molar-refractivity contribution >= 4 is 11.3 Å². The fraction of sp³-hybridized carbons (Fsp3) is 0.333. The molecule has 2 nitrogen and oxygen atoms in total. The highest BCUT2D eigenvalue weighted by Gasteiger charge is 1.95. The van der Waals surface area contributed by atoms with E-state index in [9.17, 15) is 0 Å². The van der Waals surface area contributed by atoms with E-state index in [2.05, 4.69) is 0 Å². The van der Waals surface area contributed by atoms with Gasteiger partial charge < -0.3 is 9.84 Å². The van der Waals surface area contributed by atoms with Gasteiger partial charge in [-0.2, -0.15) is 0 Å². The molecule has 1 aromatic rings. The highest BCUT2D eigenvalue weighted by atomic mass is 32.1. The van der Waals surface area contributed by atoms with Crippen molar-refractivity contribution in [3.05, 3.63) is 17.0 Å². The van der Waals surface area contributed by atoms with Gasteiger partial charge in [0.1, 0.15) is 0 Å². The molecular weight excluding hydrogens is 136 g/mol. The molecule has 0 fully saturated rings. The zero-order valence-electron chi connectivity index (χ0n) is 5.13. The van der Waals surface area contributed by atoms with Gasteiger partial charge >= 0.3 is 0 Å². The summed E-state index contributed by atoms with van der Waals surface area (Å²) in [6.07, 6.45) is 0. The second-order valence-corrected chi connectivity index (χ2v) is 2.51. The standard InChI is InChI=1S/C6H8O2S/c1-8-6-2-5(3-7)4-9-6/h2,4,7H,3H2,1H3. The molecule has 0 radical (unpaired) electrons. The minimum atomic E-state index is 0.0971. The molecule has 0 aliphatic heterocycles. The maximum Gasteiger partial charge on any atom is 0.173 e. The summed E-state index contributed by atoms with van der Waals surface area (Å²) in [5, 5.41) is 11.3. The Hall–Kier alpha value is -0.540. The van der Waals surface area contributed by atoms with E-state index >= 15 is 0 Å². The van der Waals surface area contributed by atoms with Crippen LogP contribution in [0.25, 0.3) is 0 Å². The van der Waals surface area contributed by atoms with Crippen LogP contribution in [-0.2, 0) is 6.61 Å². The summed E-state index contributed by atoms with van der Waals surface area (Å²) >= 11 is 1.49. The van der Waals surface area contributed by atoms with E-state index in [1.807, 2.05) is 11.4 Å². The summed E-state index contributed by atoms with van der Waals surface area (Å²) in [5.74, 6) is 0. The first-order chi connectivity index (χ1) is 4.36. The Morgan fingerprint density at radius 1 is 1.78 bits per heavy atom. The van der Waals surface area contributed by atoms with Gasteiger partial charge in [-0.1, -0.05) is 0 Å². The lowest BCUT2D eigenvalue weighted by Gasteiger charge is -1.87. The van der Waals surface area contributed by atoms with Gasteiger partial charge in [-0.05, 0) is 17.0 Å². The first-order valence-corrected chi connectivity index (χ1v) is 3.47. The van der Waals surface area contributed by atoms with Gasteiger partial charge in [0, 0.05) is 0 Å². The molecule has 1 heterocycles. The average molecular weight is 144 g/mol. The van der Waals surface area contributed by atoms with Gasteiger partial charge in [0.2, 0.25) is 0 Å². The number of methoxy groups -OCH3 is 1. The molecule has 0 saturated carbocycles. The number of aliphatic hydroxyl groups excluding tert-OH is 1. The number of hydrogen-bond acceptors (Lipinski definition) is 3. The molecule has 0 aromatic carbocycles. The Labute approximate surface area is 57.7 Å². The second-order valence-electron chi connectivity index (χ2n) is 1.64. The molecule has 0 amide bonds. The van der Waals surface area contributed by atoms with Gasteiger partial charge in [0.25, 0.3) is 0 Å². The minimum absolute atomic E-state index is 0.0971. The number of rotatable bonds is 2. The summed E-state index contributed by atoms with van der Waals surface area (Å²) in [5.41, 5.74) is 0.914. The van der Waals surface area contributed by atoms with Crippen LogP contribution in [0, 0.1) is 0 Å². The fourth-order valence-corrected chi connectivity index (χ4v) is 1.27. The van der Waals surface area contributed by atoms with E-state index in [-0.39, 0.29) is 6.61 Å². The molecule has 0 aliphatic carbocycles. The van der Waals surface area contributed by atoms with Crippen molar-refractivity contribution in [2.24, 2.45) is 0 Å². The SMILES string of the molecule is COc1cc(CO)cs1. The van der Waals surface area contributed by atoms with Gasteiger partial charge in [-0.3, -0.25) is 0 Å². The van der Waals surface area contributed by atoms with E-state index in [1.165, 1.54) is 11.3 Å². The van der Waals surface area contributed by atoms with Crippen molar-refractivity contribution in [2.45, 2.75) is 6.61 Å². The largest absolute Gasteiger partial charge is 0.487 e. The van der Waals surface area contributed by atoms with Crippen molar-refractivity contribution in [3.63, 3.8) is 0 Å². The maximum absolute atomic E-state index is 8.60. The third-order valence-corrected chi connectivity index (χ3v) is 1.95. The lowest BCUT2D eigenvalue weighted by molar-refractivity contribution is 0.282. The summed E-state index contributed by atoms with van der Waals surface area (Å²) in [6, 6.07) is 1.82. The molecule has 3 heteroatoms. The Kier molecular flexibility index (Phi) is 2.08. The van der Waals surface area contributed by atoms with Crippen molar-refractivity contribution in [2.75, 3.05) is 7.11 Å². The number of thiophene rings is 1. The van der Waals surface area contributed by atoms with E-state index in [1.54, 1.807) is 7.11 Å². The molecule has 0 bridgehead atoms. The molecule has 9 heavy (non-hydrogen) atoms. The van der Waals surface area contributed by atoms with Gasteiger partial charge in [0.05, 0.1) is 13.7 Å². The summed E-state index contributed by atoms with van der Waals surface area (Å²) < 4.78 is 4.90. The lowest BCUT2D eigenvalue weighted by atomic mass is 10.4. The highest BCUT2D eigenvalue weighted by Crippen LogP contribution is 2.21. The normalized spacial score (nSPS) is 9.56. The van der Waals surface area contributed by atoms with Crippen LogP contribution in [0.3, 0.4) is 0 Å². The minimum Gasteiger partial charge on any atom is -0.487 e. The highest BCUT2D eigenvalue weighted by molar-refractivity contribution is 7.12. The first-order valence-electron chi connectivity index (χ1n) is 2.59. The monoisotopic (exact) mass is 144 g/mol. The molecule has 0 atom stereocenters. The predicted molar refractivity (Wildman–Crippen MR) is 36.8 cm³/mol. The Morgan fingerprint density at radius 3 is 2.89 bits per heavy atom. The zero-order chi connectivity index (χ0) is 6.69. The molecule has 1 aromatic heterocycles. The van der Waals surface area contributed by atoms with Gasteiger partial charge in [-0.25, -0.2) is 0 Å². The molecule has 0 aliphatic rings. The molecule has 0 spiro atoms. The Morgan fingerprint density at radius 2 is 2.56 bits per heavy atom. The Balaban J connectivity index is 2.74. The predicted octanol–water partition coefficient (Wildman–Crippen LogP) is 1.25. The van der Waals surface area contributed by atoms with Crippen LogP contribution in [0.5, 0.6) is 5.06 Å². The summed E-state index contributed by atoms with van der Waals surface area (Å²) in [6.45, 7) is 0.0971. The zero-order valence-corrected chi connectivity index (χ0v) is 5.94. The molecule has 1 rings (SSSR count). The third kappa shape index (κ3) is 1.43. The second kappa shape index (κ2) is 2.85. The van der Waals surface area contributed by atoms with Crippen molar-refractivity contribution in [1.82, 2.24) is 0 Å². The van der Waals surface area contributed by atoms with Crippen molar-refractivity contribution < 1.29 is 9.84 Å². The van der Waals surface area contributed by atoms with Gasteiger partial charge in [-0.15, -0.1) is 11.3 Å². The number of ether oxygens (including phenoxy) is 1. The van der Waals surface area contributed by atoms with E-state index in [0.717, 1.165) is 10.6 Å². The molecule has 0 saturated heterocycles. The molecule has 0 unspecified atom stereocenters. The average Bonchev–Trinajstić information content (AvgIpc) is 2.34. The Bertz CT molecular complexity index is 164. The van der Waals surface area contributed by atoms with Crippen LogP contribution >= 0.6 is 11.3 Å². The maximum atomic E-state index is 8.60. The van der Waals surface area contributed by atoms with Crippen LogP contribution in [0.4, 0.5) is 0 Å². The van der Waals surface area contributed by atoms with Crippen LogP contribution in [0.1, 0.15) is 5.56 Å². The van der Waals surface area contributed by atoms with E-state index in [4.69, 9.17) is 9.84 Å². The van der Waals surface area contributed by atoms with E-state index in [0.29, 0.717) is 0 Å². The van der Waals surface area contributed by atoms with Crippen LogP contribution in [-0.4, -0.2) is 12.2 Å². The third-order valence-electron chi connectivity index (χ3n) is 1.01. The van der Waals surface area contributed by atoms with Crippen molar-refractivity contribution in [1.29, 1.82) is 0 Å². The van der Waals surface area contributed by atoms with Crippen LogP contribution < -0.4 is 4.74 Å². The van der Waals surface area contributed by atoms with E-state index < -0.39 is 0 Å². The number of hydrogen-bond donors (Lipinski definition) is 1. The quantitative estimate of drug-likeness (QED) is 0.677. The summed E-state index contributed by atoms with van der Waals surface area (Å²) in [7, 11) is 1.62. The first kappa shape index (κ1) is 6.58. The molecule has 1 N–H and O–H groups in total. The summed E-state index contributed by atoms with van der Waals surface area (Å²) in [4.78, 5) is 0. The van der Waals surface area contributed by atoms with Gasteiger partial charge in [0.15, 0.2) is 5.06 Å². The van der Waals surface area contributed by atoms with Crippen molar-refractivity contribution in [3.8, 4) is 5.06 Å². The lowest BCUT2D eigenvalue weighted by Crippen LogP contribution is -1.77. The van der Waals surface area contributed by atoms with Crippen LogP contribution in [0.2, 0.25) is 0 Å². The molecular formula is C6H8O2S. The smallest absolute Gasteiger partial charge is 0.173 e. The fourth-order valence-electron chi connectivity index (χ4n) is 0.543. The number of aliphatic hydroxyl groups is 1. The molecule has 50 valence electrons. The van der Waals surface area contributed by atoms with Crippen LogP contribution in [0.15, 0.2) is 11.4 Å².